The number of halogens is 4. The summed E-state index contributed by atoms with van der Waals surface area (Å²) in [5.74, 6) is 0.213. The van der Waals surface area contributed by atoms with Crippen LogP contribution in [0.3, 0.4) is 0 Å². The highest BCUT2D eigenvalue weighted by Crippen LogP contribution is 2.55. The first-order valence-electron chi connectivity index (χ1n) is 11.6. The van der Waals surface area contributed by atoms with E-state index in [2.05, 4.69) is 26.1 Å². The number of carbonyl (C=O) groups is 1. The SMILES string of the molecule is O=C1N[C@@H](c2nc(-c3sc4c(N[C@@H]5CCNC[C@@H]5F)cccc4c3CC(F)(F)F)no2)CC12CC2. The van der Waals surface area contributed by atoms with Crippen LogP contribution in [0.4, 0.5) is 23.2 Å². The fourth-order valence-electron chi connectivity index (χ4n) is 5.07. The molecule has 186 valence electrons. The number of hydrogen-bond donors (Lipinski definition) is 3. The quantitative estimate of drug-likeness (QED) is 0.439. The highest BCUT2D eigenvalue weighted by molar-refractivity contribution is 7.23. The van der Waals surface area contributed by atoms with Gasteiger partial charge in [0.25, 0.3) is 0 Å². The van der Waals surface area contributed by atoms with Crippen molar-refractivity contribution in [3.8, 4) is 10.7 Å². The Kier molecular flexibility index (Phi) is 5.29. The number of alkyl halides is 4. The van der Waals surface area contributed by atoms with Crippen LogP contribution in [-0.2, 0) is 11.2 Å². The molecule has 1 saturated carbocycles. The second kappa shape index (κ2) is 8.16. The summed E-state index contributed by atoms with van der Waals surface area (Å²) in [7, 11) is 0. The summed E-state index contributed by atoms with van der Waals surface area (Å²) in [6.45, 7) is 0.890. The first kappa shape index (κ1) is 22.7. The van der Waals surface area contributed by atoms with Crippen molar-refractivity contribution < 1.29 is 26.9 Å². The van der Waals surface area contributed by atoms with Crippen molar-refractivity contribution in [2.24, 2.45) is 5.41 Å². The number of amides is 1. The zero-order valence-electron chi connectivity index (χ0n) is 18.5. The third-order valence-electron chi connectivity index (χ3n) is 7.12. The van der Waals surface area contributed by atoms with Crippen LogP contribution >= 0.6 is 11.3 Å². The van der Waals surface area contributed by atoms with Crippen molar-refractivity contribution in [2.75, 3.05) is 18.4 Å². The zero-order chi connectivity index (χ0) is 24.4. The Balaban J connectivity index is 1.38. The summed E-state index contributed by atoms with van der Waals surface area (Å²) < 4.78 is 61.1. The number of aromatic nitrogens is 2. The maximum Gasteiger partial charge on any atom is 0.393 e. The molecule has 2 saturated heterocycles. The third kappa shape index (κ3) is 4.16. The molecule has 3 aliphatic rings. The normalized spacial score (nSPS) is 25.8. The minimum atomic E-state index is -4.45. The van der Waals surface area contributed by atoms with Gasteiger partial charge in [0.2, 0.25) is 17.6 Å². The number of nitrogens with zero attached hydrogens (tertiary/aromatic N) is 2. The van der Waals surface area contributed by atoms with Gasteiger partial charge in [-0.25, -0.2) is 4.39 Å². The van der Waals surface area contributed by atoms with Crippen LogP contribution in [0.5, 0.6) is 0 Å². The van der Waals surface area contributed by atoms with E-state index in [9.17, 15) is 22.4 Å². The van der Waals surface area contributed by atoms with Crippen LogP contribution in [0.15, 0.2) is 22.7 Å². The van der Waals surface area contributed by atoms with Crippen LogP contribution in [0.2, 0.25) is 0 Å². The summed E-state index contributed by atoms with van der Waals surface area (Å²) in [5.41, 5.74) is 0.283. The van der Waals surface area contributed by atoms with Gasteiger partial charge in [-0.2, -0.15) is 18.2 Å². The Morgan fingerprint density at radius 1 is 1.29 bits per heavy atom. The number of piperidine rings is 1. The molecule has 1 aliphatic carbocycles. The first-order valence-corrected chi connectivity index (χ1v) is 12.4. The Morgan fingerprint density at radius 3 is 2.83 bits per heavy atom. The highest BCUT2D eigenvalue weighted by Gasteiger charge is 2.57. The summed E-state index contributed by atoms with van der Waals surface area (Å²) >= 11 is 1.13. The molecule has 0 radical (unpaired) electrons. The number of rotatable bonds is 5. The molecular weight excluding hydrogens is 486 g/mol. The number of benzene rings is 1. The van der Waals surface area contributed by atoms with Gasteiger partial charge in [0, 0.05) is 6.54 Å². The minimum Gasteiger partial charge on any atom is -0.378 e. The largest absolute Gasteiger partial charge is 0.393 e. The Bertz CT molecular complexity index is 1280. The maximum atomic E-state index is 14.4. The van der Waals surface area contributed by atoms with Crippen molar-refractivity contribution in [1.29, 1.82) is 0 Å². The molecule has 7 nitrogen and oxygen atoms in total. The van der Waals surface area contributed by atoms with Gasteiger partial charge < -0.3 is 20.5 Å². The third-order valence-corrected chi connectivity index (χ3v) is 8.40. The molecule has 2 aliphatic heterocycles. The van der Waals surface area contributed by atoms with E-state index in [4.69, 9.17) is 4.52 Å². The van der Waals surface area contributed by atoms with Crippen LogP contribution in [0, 0.1) is 5.41 Å². The Hall–Kier alpha value is -2.73. The summed E-state index contributed by atoms with van der Waals surface area (Å²) in [6.07, 6.45) is -3.97. The molecule has 1 amide bonds. The van der Waals surface area contributed by atoms with Gasteiger partial charge in [-0.15, -0.1) is 11.3 Å². The van der Waals surface area contributed by atoms with Gasteiger partial charge in [-0.3, -0.25) is 4.79 Å². The predicted molar refractivity (Wildman–Crippen MR) is 122 cm³/mol. The average Bonchev–Trinajstić information content (AvgIpc) is 3.12. The monoisotopic (exact) mass is 509 g/mol. The van der Waals surface area contributed by atoms with Crippen LogP contribution in [0.25, 0.3) is 20.8 Å². The van der Waals surface area contributed by atoms with Gasteiger partial charge in [-0.1, -0.05) is 17.3 Å². The van der Waals surface area contributed by atoms with E-state index in [1.165, 1.54) is 0 Å². The number of nitrogens with one attached hydrogen (secondary N) is 3. The second-order valence-corrected chi connectivity index (χ2v) is 10.6. The Morgan fingerprint density at radius 2 is 2.11 bits per heavy atom. The molecule has 0 bridgehead atoms. The molecule has 2 aromatic heterocycles. The van der Waals surface area contributed by atoms with Crippen molar-refractivity contribution in [3.63, 3.8) is 0 Å². The molecule has 12 heteroatoms. The second-order valence-electron chi connectivity index (χ2n) is 9.61. The van der Waals surface area contributed by atoms with Crippen LogP contribution in [0.1, 0.15) is 43.2 Å². The lowest BCUT2D eigenvalue weighted by Gasteiger charge is -2.28. The van der Waals surface area contributed by atoms with Crippen molar-refractivity contribution in [2.45, 2.75) is 56.5 Å². The van der Waals surface area contributed by atoms with E-state index in [0.29, 0.717) is 35.2 Å². The molecule has 3 fully saturated rings. The van der Waals surface area contributed by atoms with Crippen molar-refractivity contribution >= 4 is 33.0 Å². The number of anilines is 1. The van der Waals surface area contributed by atoms with Crippen LogP contribution in [-0.4, -0.2) is 47.5 Å². The summed E-state index contributed by atoms with van der Waals surface area (Å²) in [4.78, 5) is 16.9. The van der Waals surface area contributed by atoms with Gasteiger partial charge >= 0.3 is 6.18 Å². The molecule has 3 aromatic rings. The van der Waals surface area contributed by atoms with E-state index in [1.54, 1.807) is 18.2 Å². The summed E-state index contributed by atoms with van der Waals surface area (Å²) in [6, 6.07) is 4.17. The number of hydrogen-bond acceptors (Lipinski definition) is 7. The molecule has 6 rings (SSSR count). The zero-order valence-corrected chi connectivity index (χ0v) is 19.4. The summed E-state index contributed by atoms with van der Waals surface area (Å²) in [5, 5.41) is 13.5. The Labute approximate surface area is 201 Å². The first-order chi connectivity index (χ1) is 16.7. The molecule has 4 heterocycles. The lowest BCUT2D eigenvalue weighted by Crippen LogP contribution is -2.45. The van der Waals surface area contributed by atoms with Gasteiger partial charge in [0.1, 0.15) is 12.2 Å². The highest BCUT2D eigenvalue weighted by atomic mass is 32.1. The smallest absolute Gasteiger partial charge is 0.378 e. The predicted octanol–water partition coefficient (Wildman–Crippen LogP) is 4.51. The molecule has 1 spiro atoms. The molecule has 1 aromatic carbocycles. The molecular formula is C23H23F4N5O2S. The fourth-order valence-corrected chi connectivity index (χ4v) is 6.29. The molecule has 3 atom stereocenters. The van der Waals surface area contributed by atoms with Crippen LogP contribution < -0.4 is 16.0 Å². The lowest BCUT2D eigenvalue weighted by atomic mass is 10.0. The van der Waals surface area contributed by atoms with E-state index in [0.717, 1.165) is 24.2 Å². The van der Waals surface area contributed by atoms with Crippen molar-refractivity contribution in [1.82, 2.24) is 20.8 Å². The topological polar surface area (TPSA) is 92.1 Å². The van der Waals surface area contributed by atoms with E-state index >= 15 is 0 Å². The average molecular weight is 510 g/mol. The molecule has 3 N–H and O–H groups in total. The standard InChI is InChI=1S/C23H23F4N5O2S/c24-13-10-28-7-4-14(13)29-15-3-1-2-11-12(8-23(25,26)27)18(35-17(11)15)19-31-20(34-32-19)16-9-22(5-6-22)21(33)30-16/h1-3,13-14,16,28-29H,4-10H2,(H,30,33)/t13-,14+,16+/m0/s1. The van der Waals surface area contributed by atoms with Crippen molar-refractivity contribution in [3.05, 3.63) is 29.7 Å². The fraction of sp³-hybridized carbons (Fsp3) is 0.522. The number of fused-ring (bicyclic) bond motifs is 1. The van der Waals surface area contributed by atoms with E-state index in [1.807, 2.05) is 0 Å². The van der Waals surface area contributed by atoms with Gasteiger partial charge in [0.15, 0.2) is 0 Å². The molecule has 0 unspecified atom stereocenters. The minimum absolute atomic E-state index is 0.0401. The van der Waals surface area contributed by atoms with Gasteiger partial charge in [0.05, 0.1) is 33.1 Å². The van der Waals surface area contributed by atoms with E-state index < -0.39 is 30.9 Å². The lowest BCUT2D eigenvalue weighted by molar-refractivity contribution is -0.127. The van der Waals surface area contributed by atoms with Gasteiger partial charge in [-0.05, 0) is 49.2 Å². The van der Waals surface area contributed by atoms with E-state index in [-0.39, 0.29) is 40.0 Å². The number of carbonyl (C=O) groups excluding carboxylic acids is 1. The molecule has 35 heavy (non-hydrogen) atoms. The number of thiophene rings is 1. The maximum absolute atomic E-state index is 14.4.